The molecule has 7 heteroatoms. The number of likely N-dealkylation sites (tertiary alicyclic amines) is 1. The first-order chi connectivity index (χ1) is 10.8. The largest absolute Gasteiger partial charge is 0.444 e. The van der Waals surface area contributed by atoms with Crippen LogP contribution >= 0.6 is 0 Å². The van der Waals surface area contributed by atoms with Crippen LogP contribution < -0.4 is 10.6 Å². The van der Waals surface area contributed by atoms with Crippen molar-refractivity contribution < 1.29 is 14.3 Å². The zero-order valence-corrected chi connectivity index (χ0v) is 14.1. The number of hydrogen-bond acceptors (Lipinski definition) is 5. The second kappa shape index (κ2) is 9.03. The van der Waals surface area contributed by atoms with Gasteiger partial charge in [0.25, 0.3) is 5.91 Å². The Hall–Kier alpha value is -2.23. The van der Waals surface area contributed by atoms with Crippen molar-refractivity contribution in [2.45, 2.75) is 45.6 Å². The Morgan fingerprint density at radius 2 is 1.87 bits per heavy atom. The molecule has 1 rings (SSSR count). The summed E-state index contributed by atoms with van der Waals surface area (Å²) in [4.78, 5) is 25.3. The normalized spacial score (nSPS) is 15.6. The van der Waals surface area contributed by atoms with Gasteiger partial charge in [-0.05, 0) is 40.0 Å². The summed E-state index contributed by atoms with van der Waals surface area (Å²) < 4.78 is 5.10. The molecule has 1 saturated heterocycles. The lowest BCUT2D eigenvalue weighted by molar-refractivity contribution is -0.127. The van der Waals surface area contributed by atoms with Gasteiger partial charge in [-0.15, -0.1) is 0 Å². The van der Waals surface area contributed by atoms with E-state index in [1.54, 1.807) is 25.7 Å². The first-order valence-corrected chi connectivity index (χ1v) is 7.93. The molecule has 1 aliphatic heterocycles. The van der Waals surface area contributed by atoms with E-state index in [1.165, 1.54) is 6.20 Å². The summed E-state index contributed by atoms with van der Waals surface area (Å²) >= 11 is 0. The van der Waals surface area contributed by atoms with Crippen molar-refractivity contribution in [3.8, 4) is 6.07 Å². The molecule has 2 N–H and O–H groups in total. The van der Waals surface area contributed by atoms with E-state index < -0.39 is 11.7 Å². The van der Waals surface area contributed by atoms with Gasteiger partial charge in [-0.25, -0.2) is 4.79 Å². The van der Waals surface area contributed by atoms with Gasteiger partial charge in [0.2, 0.25) is 0 Å². The second-order valence-corrected chi connectivity index (χ2v) is 6.41. The molecule has 0 saturated carbocycles. The van der Waals surface area contributed by atoms with E-state index >= 15 is 0 Å². The molecule has 0 spiro atoms. The van der Waals surface area contributed by atoms with Crippen LogP contribution in [0.2, 0.25) is 0 Å². The van der Waals surface area contributed by atoms with Crippen LogP contribution in [0.3, 0.4) is 0 Å². The second-order valence-electron chi connectivity index (χ2n) is 6.41. The van der Waals surface area contributed by atoms with E-state index in [9.17, 15) is 9.59 Å². The predicted octanol–water partition coefficient (Wildman–Crippen LogP) is 1.52. The van der Waals surface area contributed by atoms with Crippen molar-refractivity contribution in [2.75, 3.05) is 26.2 Å². The van der Waals surface area contributed by atoms with E-state index in [0.29, 0.717) is 26.2 Å². The molecule has 23 heavy (non-hydrogen) atoms. The molecule has 0 aromatic heterocycles. The standard InChI is InChI=1S/C16H26N4O3/c1-16(2,3)23-15(22)19-8-7-18-12-13(11-17)14(21)20-9-5-4-6-10-20/h12,18H,4-10H2,1-3H3,(H,19,22)/b13-12-. The number of hydrogen-bond donors (Lipinski definition) is 2. The molecule has 128 valence electrons. The Kier molecular flexibility index (Phi) is 7.39. The Bertz CT molecular complexity index is 483. The average Bonchev–Trinajstić information content (AvgIpc) is 2.49. The third-order valence-electron chi connectivity index (χ3n) is 3.18. The van der Waals surface area contributed by atoms with Crippen molar-refractivity contribution in [1.82, 2.24) is 15.5 Å². The van der Waals surface area contributed by atoms with Crippen molar-refractivity contribution in [3.63, 3.8) is 0 Å². The molecule has 0 bridgehead atoms. The van der Waals surface area contributed by atoms with Crippen LogP contribution in [0.25, 0.3) is 0 Å². The monoisotopic (exact) mass is 322 g/mol. The SMILES string of the molecule is CC(C)(C)OC(=O)NCCN/C=C(/C#N)C(=O)N1CCCCC1. The summed E-state index contributed by atoms with van der Waals surface area (Å²) in [6.07, 6.45) is 4.01. The summed E-state index contributed by atoms with van der Waals surface area (Å²) in [5, 5.41) is 14.6. The van der Waals surface area contributed by atoms with Crippen molar-refractivity contribution in [3.05, 3.63) is 11.8 Å². The number of alkyl carbamates (subject to hydrolysis) is 1. The number of nitrogens with one attached hydrogen (secondary N) is 2. The lowest BCUT2D eigenvalue weighted by Gasteiger charge is -2.26. The lowest BCUT2D eigenvalue weighted by atomic mass is 10.1. The lowest BCUT2D eigenvalue weighted by Crippen LogP contribution is -2.37. The minimum absolute atomic E-state index is 0.0872. The molecular weight excluding hydrogens is 296 g/mol. The predicted molar refractivity (Wildman–Crippen MR) is 86.4 cm³/mol. The number of nitriles is 1. The highest BCUT2D eigenvalue weighted by atomic mass is 16.6. The van der Waals surface area contributed by atoms with Gasteiger partial charge < -0.3 is 20.3 Å². The third-order valence-corrected chi connectivity index (χ3v) is 3.18. The molecule has 0 aromatic carbocycles. The Morgan fingerprint density at radius 1 is 1.22 bits per heavy atom. The molecule has 0 aromatic rings. The molecule has 2 amide bonds. The van der Waals surface area contributed by atoms with Gasteiger partial charge in [0.1, 0.15) is 17.2 Å². The number of rotatable bonds is 5. The van der Waals surface area contributed by atoms with Gasteiger partial charge in [0.05, 0.1) is 0 Å². The first kappa shape index (κ1) is 18.8. The van der Waals surface area contributed by atoms with Crippen LogP contribution in [0, 0.1) is 11.3 Å². The maximum absolute atomic E-state index is 12.2. The van der Waals surface area contributed by atoms with Crippen LogP contribution in [0.1, 0.15) is 40.0 Å². The fourth-order valence-electron chi connectivity index (χ4n) is 2.13. The third kappa shape index (κ3) is 7.54. The van der Waals surface area contributed by atoms with Gasteiger partial charge in [0, 0.05) is 32.4 Å². The van der Waals surface area contributed by atoms with Crippen molar-refractivity contribution in [2.24, 2.45) is 0 Å². The van der Waals surface area contributed by atoms with Gasteiger partial charge in [-0.2, -0.15) is 5.26 Å². The van der Waals surface area contributed by atoms with E-state index in [-0.39, 0.29) is 11.5 Å². The summed E-state index contributed by atoms with van der Waals surface area (Å²) in [7, 11) is 0. The summed E-state index contributed by atoms with van der Waals surface area (Å²) in [5.74, 6) is -0.236. The van der Waals surface area contributed by atoms with Gasteiger partial charge in [-0.3, -0.25) is 4.79 Å². The van der Waals surface area contributed by atoms with E-state index in [4.69, 9.17) is 10.00 Å². The minimum Gasteiger partial charge on any atom is -0.444 e. The number of carbonyl (C=O) groups is 2. The Labute approximate surface area is 137 Å². The van der Waals surface area contributed by atoms with Crippen LogP contribution in [-0.4, -0.2) is 48.7 Å². The van der Waals surface area contributed by atoms with Gasteiger partial charge in [0.15, 0.2) is 0 Å². The van der Waals surface area contributed by atoms with Crippen LogP contribution in [0.4, 0.5) is 4.79 Å². The first-order valence-electron chi connectivity index (χ1n) is 7.93. The smallest absolute Gasteiger partial charge is 0.407 e. The Morgan fingerprint density at radius 3 is 2.43 bits per heavy atom. The molecule has 1 aliphatic rings. The zero-order chi connectivity index (χ0) is 17.3. The van der Waals surface area contributed by atoms with E-state index in [0.717, 1.165) is 19.3 Å². The quantitative estimate of drug-likeness (QED) is 0.455. The van der Waals surface area contributed by atoms with Gasteiger partial charge >= 0.3 is 6.09 Å². The topological polar surface area (TPSA) is 94.5 Å². The highest BCUT2D eigenvalue weighted by Crippen LogP contribution is 2.11. The number of amides is 2. The minimum atomic E-state index is -0.535. The summed E-state index contributed by atoms with van der Waals surface area (Å²) in [6.45, 7) is 7.52. The maximum Gasteiger partial charge on any atom is 0.407 e. The molecule has 1 fully saturated rings. The molecule has 0 aliphatic carbocycles. The molecule has 0 atom stereocenters. The zero-order valence-electron chi connectivity index (χ0n) is 14.1. The number of piperidine rings is 1. The summed E-state index contributed by atoms with van der Waals surface area (Å²) in [5.41, 5.74) is -0.448. The van der Waals surface area contributed by atoms with Crippen LogP contribution in [0.15, 0.2) is 11.8 Å². The number of ether oxygens (including phenoxy) is 1. The average molecular weight is 322 g/mol. The number of nitrogens with zero attached hydrogens (tertiary/aromatic N) is 2. The highest BCUT2D eigenvalue weighted by Gasteiger charge is 2.20. The van der Waals surface area contributed by atoms with Crippen LogP contribution in [0.5, 0.6) is 0 Å². The number of carbonyl (C=O) groups excluding carboxylic acids is 2. The van der Waals surface area contributed by atoms with E-state index in [2.05, 4.69) is 10.6 Å². The van der Waals surface area contributed by atoms with Crippen LogP contribution in [-0.2, 0) is 9.53 Å². The molecular formula is C16H26N4O3. The maximum atomic E-state index is 12.2. The fraction of sp³-hybridized carbons (Fsp3) is 0.688. The highest BCUT2D eigenvalue weighted by molar-refractivity contribution is 5.97. The molecule has 0 radical (unpaired) electrons. The van der Waals surface area contributed by atoms with E-state index in [1.807, 2.05) is 6.07 Å². The molecule has 1 heterocycles. The van der Waals surface area contributed by atoms with Crippen molar-refractivity contribution >= 4 is 12.0 Å². The molecule has 7 nitrogen and oxygen atoms in total. The van der Waals surface area contributed by atoms with Crippen molar-refractivity contribution in [1.29, 1.82) is 5.26 Å². The fourth-order valence-corrected chi connectivity index (χ4v) is 2.13. The summed E-state index contributed by atoms with van der Waals surface area (Å²) in [6, 6.07) is 1.93. The van der Waals surface area contributed by atoms with Gasteiger partial charge in [-0.1, -0.05) is 0 Å². The Balaban J connectivity index is 2.32. The molecule has 0 unspecified atom stereocenters.